The molecule has 0 aliphatic rings. The summed E-state index contributed by atoms with van der Waals surface area (Å²) in [4.78, 5) is 17.5. The lowest BCUT2D eigenvalue weighted by atomic mass is 10.4. The van der Waals surface area contributed by atoms with E-state index < -0.39 is 0 Å². The number of rotatable bonds is 2. The summed E-state index contributed by atoms with van der Waals surface area (Å²) in [6.45, 7) is 0. The van der Waals surface area contributed by atoms with E-state index in [9.17, 15) is 4.79 Å². The Hall–Kier alpha value is -2.18. The smallest absolute Gasteiger partial charge is 0.316 e. The van der Waals surface area contributed by atoms with Crippen LogP contribution in [-0.2, 0) is 4.74 Å². The van der Waals surface area contributed by atoms with Crippen molar-refractivity contribution in [2.75, 3.05) is 14.2 Å². The molecule has 0 saturated heterocycles. The van der Waals surface area contributed by atoms with E-state index in [-0.39, 0.29) is 12.0 Å². The average molecular weight is 212 g/mol. The Morgan fingerprint density at radius 1 is 1.47 bits per heavy atom. The average Bonchev–Trinajstić information content (AvgIpc) is 2.30. The quantitative estimate of drug-likeness (QED) is 0.399. The van der Waals surface area contributed by atoms with Crippen molar-refractivity contribution >= 4 is 12.3 Å². The third-order valence-electron chi connectivity index (χ3n) is 1.19. The normalized spacial score (nSPS) is 8.13. The topological polar surface area (TPSA) is 111 Å². The van der Waals surface area contributed by atoms with Crippen LogP contribution in [0.15, 0.2) is 12.4 Å². The zero-order valence-electron chi connectivity index (χ0n) is 8.43. The van der Waals surface area contributed by atoms with Crippen LogP contribution in [0.5, 0.6) is 6.01 Å². The standard InChI is InChI=1S/C6H6N2O2.C2H6N2O/c1-10-6-7-2-5(4-9)3-8-6;1-5-2(3)4/h2-4H,1H3;1H3,(H3,3,4). The minimum atomic E-state index is -0.245. The molecule has 1 rings (SSSR count). The molecule has 0 aliphatic heterocycles. The van der Waals surface area contributed by atoms with Gasteiger partial charge in [-0.2, -0.15) is 0 Å². The number of hydrogen-bond donors (Lipinski definition) is 2. The summed E-state index contributed by atoms with van der Waals surface area (Å²) in [6.07, 6.45) is 3.48. The molecule has 0 aromatic carbocycles. The Morgan fingerprint density at radius 3 is 2.20 bits per heavy atom. The molecule has 0 spiro atoms. The molecular formula is C8H12N4O3. The number of nitrogens with zero attached hydrogens (tertiary/aromatic N) is 2. The lowest BCUT2D eigenvalue weighted by Crippen LogP contribution is -2.10. The molecule has 0 radical (unpaired) electrons. The predicted octanol–water partition coefficient (Wildman–Crippen LogP) is -0.176. The predicted molar refractivity (Wildman–Crippen MR) is 52.9 cm³/mol. The summed E-state index contributed by atoms with van der Waals surface area (Å²) in [7, 11) is 2.82. The van der Waals surface area contributed by atoms with Gasteiger partial charge in [0.1, 0.15) is 0 Å². The Morgan fingerprint density at radius 2 is 1.93 bits per heavy atom. The monoisotopic (exact) mass is 212 g/mol. The van der Waals surface area contributed by atoms with Crippen LogP contribution in [-0.4, -0.2) is 36.5 Å². The number of methoxy groups -OCH3 is 2. The van der Waals surface area contributed by atoms with Crippen LogP contribution in [0.3, 0.4) is 0 Å². The van der Waals surface area contributed by atoms with Crippen molar-refractivity contribution < 1.29 is 14.3 Å². The number of carbonyl (C=O) groups excluding carboxylic acids is 1. The maximum Gasteiger partial charge on any atom is 0.316 e. The largest absolute Gasteiger partial charge is 0.469 e. The lowest BCUT2D eigenvalue weighted by Gasteiger charge is -1.93. The van der Waals surface area contributed by atoms with Gasteiger partial charge in [0.2, 0.25) is 0 Å². The van der Waals surface area contributed by atoms with Gasteiger partial charge in [-0.05, 0) is 0 Å². The summed E-state index contributed by atoms with van der Waals surface area (Å²) >= 11 is 0. The maximum atomic E-state index is 10.1. The van der Waals surface area contributed by atoms with Gasteiger partial charge in [-0.3, -0.25) is 10.2 Å². The van der Waals surface area contributed by atoms with E-state index in [0.717, 1.165) is 0 Å². The van der Waals surface area contributed by atoms with Gasteiger partial charge in [0.25, 0.3) is 6.02 Å². The zero-order chi connectivity index (χ0) is 11.7. The molecule has 7 heteroatoms. The number of amidine groups is 1. The number of nitrogens with one attached hydrogen (secondary N) is 1. The molecule has 0 saturated carbocycles. The van der Waals surface area contributed by atoms with E-state index in [1.54, 1.807) is 0 Å². The molecule has 0 unspecified atom stereocenters. The van der Waals surface area contributed by atoms with E-state index in [2.05, 4.69) is 25.2 Å². The number of carbonyl (C=O) groups is 1. The van der Waals surface area contributed by atoms with Crippen LogP contribution >= 0.6 is 0 Å². The summed E-state index contributed by atoms with van der Waals surface area (Å²) in [5.74, 6) is 0. The second-order valence-corrected chi connectivity index (χ2v) is 2.19. The second-order valence-electron chi connectivity index (χ2n) is 2.19. The van der Waals surface area contributed by atoms with Crippen molar-refractivity contribution in [1.82, 2.24) is 9.97 Å². The highest BCUT2D eigenvalue weighted by Crippen LogP contribution is 1.98. The fourth-order valence-corrected chi connectivity index (χ4v) is 0.492. The lowest BCUT2D eigenvalue weighted by molar-refractivity contribution is 0.112. The molecule has 3 N–H and O–H groups in total. The zero-order valence-corrected chi connectivity index (χ0v) is 8.43. The third-order valence-corrected chi connectivity index (χ3v) is 1.19. The number of hydrogen-bond acceptors (Lipinski definition) is 6. The molecule has 1 aromatic heterocycles. The van der Waals surface area contributed by atoms with E-state index in [0.29, 0.717) is 11.8 Å². The first-order valence-corrected chi connectivity index (χ1v) is 3.83. The van der Waals surface area contributed by atoms with Gasteiger partial charge < -0.3 is 15.2 Å². The molecule has 0 bridgehead atoms. The number of ether oxygens (including phenoxy) is 2. The highest BCUT2D eigenvalue weighted by atomic mass is 16.5. The minimum absolute atomic E-state index is 0.245. The van der Waals surface area contributed by atoms with Crippen LogP contribution in [0.2, 0.25) is 0 Å². The van der Waals surface area contributed by atoms with Crippen LogP contribution in [0.25, 0.3) is 0 Å². The number of aromatic nitrogens is 2. The van der Waals surface area contributed by atoms with Crippen LogP contribution in [0, 0.1) is 5.41 Å². The molecule has 1 aromatic rings. The SMILES string of the molecule is COC(=N)N.COc1ncc(C=O)cn1. The molecule has 1 heterocycles. The summed E-state index contributed by atoms with van der Waals surface area (Å²) in [5.41, 5.74) is 5.10. The van der Waals surface area contributed by atoms with E-state index in [1.807, 2.05) is 0 Å². The van der Waals surface area contributed by atoms with E-state index >= 15 is 0 Å². The third kappa shape index (κ3) is 5.97. The Labute approximate surface area is 86.8 Å². The van der Waals surface area contributed by atoms with E-state index in [4.69, 9.17) is 5.41 Å². The first-order chi connectivity index (χ1) is 7.13. The molecular weight excluding hydrogens is 200 g/mol. The summed E-state index contributed by atoms with van der Waals surface area (Å²) in [6, 6.07) is 0.0237. The van der Waals surface area contributed by atoms with Crippen molar-refractivity contribution in [3.05, 3.63) is 18.0 Å². The highest BCUT2D eigenvalue weighted by Gasteiger charge is 1.92. The van der Waals surface area contributed by atoms with Crippen LogP contribution < -0.4 is 10.5 Å². The van der Waals surface area contributed by atoms with Gasteiger partial charge in [0.05, 0.1) is 19.8 Å². The molecule has 15 heavy (non-hydrogen) atoms. The summed E-state index contributed by atoms with van der Waals surface area (Å²) in [5, 5.41) is 6.30. The molecule has 7 nitrogen and oxygen atoms in total. The van der Waals surface area contributed by atoms with Crippen molar-refractivity contribution in [3.63, 3.8) is 0 Å². The van der Waals surface area contributed by atoms with Crippen molar-refractivity contribution in [3.8, 4) is 6.01 Å². The van der Waals surface area contributed by atoms with Gasteiger partial charge in [0, 0.05) is 12.4 Å². The van der Waals surface area contributed by atoms with Gasteiger partial charge in [-0.25, -0.2) is 9.97 Å². The van der Waals surface area contributed by atoms with Gasteiger partial charge in [0.15, 0.2) is 6.29 Å². The van der Waals surface area contributed by atoms with E-state index in [1.165, 1.54) is 26.6 Å². The maximum absolute atomic E-state index is 10.1. The van der Waals surface area contributed by atoms with Gasteiger partial charge >= 0.3 is 6.01 Å². The first-order valence-electron chi connectivity index (χ1n) is 3.83. The second kappa shape index (κ2) is 7.25. The summed E-state index contributed by atoms with van der Waals surface area (Å²) < 4.78 is 8.79. The molecule has 82 valence electrons. The fourth-order valence-electron chi connectivity index (χ4n) is 0.492. The molecule has 0 fully saturated rings. The number of aldehydes is 1. The van der Waals surface area contributed by atoms with Crippen molar-refractivity contribution in [1.29, 1.82) is 5.41 Å². The minimum Gasteiger partial charge on any atom is -0.469 e. The van der Waals surface area contributed by atoms with Gasteiger partial charge in [-0.15, -0.1) is 0 Å². The first kappa shape index (κ1) is 12.8. The van der Waals surface area contributed by atoms with Crippen molar-refractivity contribution in [2.45, 2.75) is 0 Å². The van der Waals surface area contributed by atoms with Gasteiger partial charge in [-0.1, -0.05) is 0 Å². The van der Waals surface area contributed by atoms with Crippen LogP contribution in [0.4, 0.5) is 0 Å². The molecule has 0 atom stereocenters. The Balaban J connectivity index is 0.000000336. The molecule has 0 amide bonds. The Kier molecular flexibility index (Phi) is 6.19. The highest BCUT2D eigenvalue weighted by molar-refractivity contribution is 5.73. The fraction of sp³-hybridized carbons (Fsp3) is 0.250. The number of nitrogens with two attached hydrogens (primary N) is 1. The van der Waals surface area contributed by atoms with Crippen molar-refractivity contribution in [2.24, 2.45) is 5.73 Å². The van der Waals surface area contributed by atoms with Crippen LogP contribution in [0.1, 0.15) is 10.4 Å². The molecule has 0 aliphatic carbocycles. The Bertz CT molecular complexity index is 312.